The number of aryl methyl sites for hydroxylation is 1. The maximum Gasteiger partial charge on any atom is 0.0947 e. The molecule has 0 atom stereocenters. The number of hydrogen-bond acceptors (Lipinski definition) is 2. The van der Waals surface area contributed by atoms with Crippen LogP contribution >= 0.6 is 0 Å². The van der Waals surface area contributed by atoms with Crippen LogP contribution < -0.4 is 0 Å². The summed E-state index contributed by atoms with van der Waals surface area (Å²) in [6.45, 7) is 13.5. The highest BCUT2D eigenvalue weighted by Gasteiger charge is 2.21. The van der Waals surface area contributed by atoms with Crippen molar-refractivity contribution in [1.82, 2.24) is 14.5 Å². The van der Waals surface area contributed by atoms with E-state index >= 15 is 0 Å². The minimum absolute atomic E-state index is 0.201. The van der Waals surface area contributed by atoms with Crippen LogP contribution in [0.15, 0.2) is 12.5 Å². The van der Waals surface area contributed by atoms with Crippen LogP contribution in [0.3, 0.4) is 0 Å². The molecule has 0 fully saturated rings. The molecule has 0 radical (unpaired) electrons. The van der Waals surface area contributed by atoms with Gasteiger partial charge >= 0.3 is 0 Å². The van der Waals surface area contributed by atoms with Crippen LogP contribution in [0.4, 0.5) is 0 Å². The van der Waals surface area contributed by atoms with E-state index in [1.807, 2.05) is 17.9 Å². The Morgan fingerprint density at radius 1 is 1.35 bits per heavy atom. The van der Waals surface area contributed by atoms with E-state index in [4.69, 9.17) is 0 Å². The van der Waals surface area contributed by atoms with Gasteiger partial charge in [-0.2, -0.15) is 0 Å². The van der Waals surface area contributed by atoms with Crippen LogP contribution in [0.5, 0.6) is 0 Å². The van der Waals surface area contributed by atoms with Crippen molar-refractivity contribution in [3.05, 3.63) is 18.2 Å². The normalized spacial score (nSPS) is 12.7. The molecule has 1 heterocycles. The standard InChI is InChI=1S/C14H27N3/c1-12(2)7-8-17(14(3,4)5)10-13-9-16(6)11-15-13/h9,11-12H,7-8,10H2,1-6H3. The topological polar surface area (TPSA) is 21.1 Å². The third-order valence-corrected chi connectivity index (χ3v) is 3.04. The number of aromatic nitrogens is 2. The molecular weight excluding hydrogens is 210 g/mol. The van der Waals surface area contributed by atoms with Crippen LogP contribution in [-0.4, -0.2) is 26.5 Å². The van der Waals surface area contributed by atoms with Crippen molar-refractivity contribution in [2.24, 2.45) is 13.0 Å². The summed E-state index contributed by atoms with van der Waals surface area (Å²) in [6, 6.07) is 0. The minimum Gasteiger partial charge on any atom is -0.340 e. The lowest BCUT2D eigenvalue weighted by molar-refractivity contribution is 0.119. The van der Waals surface area contributed by atoms with E-state index in [0.29, 0.717) is 0 Å². The molecule has 0 unspecified atom stereocenters. The quantitative estimate of drug-likeness (QED) is 0.785. The summed E-state index contributed by atoms with van der Waals surface area (Å²) in [5.41, 5.74) is 1.36. The van der Waals surface area contributed by atoms with E-state index in [2.05, 4.69) is 50.7 Å². The largest absolute Gasteiger partial charge is 0.340 e. The summed E-state index contributed by atoms with van der Waals surface area (Å²) in [5, 5.41) is 0. The summed E-state index contributed by atoms with van der Waals surface area (Å²) in [5.74, 6) is 0.753. The first-order valence-corrected chi connectivity index (χ1v) is 6.51. The zero-order valence-corrected chi connectivity index (χ0v) is 12.2. The average Bonchev–Trinajstić information content (AvgIpc) is 2.56. The van der Waals surface area contributed by atoms with Crippen molar-refractivity contribution in [2.45, 2.75) is 53.1 Å². The third kappa shape index (κ3) is 4.90. The van der Waals surface area contributed by atoms with E-state index < -0.39 is 0 Å². The van der Waals surface area contributed by atoms with Crippen molar-refractivity contribution in [3.8, 4) is 0 Å². The van der Waals surface area contributed by atoms with Gasteiger partial charge < -0.3 is 4.57 Å². The highest BCUT2D eigenvalue weighted by Crippen LogP contribution is 2.18. The molecule has 0 bridgehead atoms. The van der Waals surface area contributed by atoms with Gasteiger partial charge in [0.05, 0.1) is 12.0 Å². The Hall–Kier alpha value is -0.830. The Morgan fingerprint density at radius 3 is 2.41 bits per heavy atom. The van der Waals surface area contributed by atoms with Gasteiger partial charge in [-0.05, 0) is 39.7 Å². The van der Waals surface area contributed by atoms with E-state index in [-0.39, 0.29) is 5.54 Å². The predicted octanol–water partition coefficient (Wildman–Crippen LogP) is 3.07. The average molecular weight is 237 g/mol. The van der Waals surface area contributed by atoms with E-state index in [0.717, 1.165) is 24.7 Å². The van der Waals surface area contributed by atoms with Gasteiger partial charge in [0.25, 0.3) is 0 Å². The summed E-state index contributed by atoms with van der Waals surface area (Å²) < 4.78 is 2.01. The molecule has 3 nitrogen and oxygen atoms in total. The summed E-state index contributed by atoms with van der Waals surface area (Å²) >= 11 is 0. The SMILES string of the molecule is CC(C)CCN(Cc1cn(C)cn1)C(C)(C)C. The molecule has 0 saturated carbocycles. The Morgan fingerprint density at radius 2 is 2.00 bits per heavy atom. The van der Waals surface area contributed by atoms with Crippen molar-refractivity contribution >= 4 is 0 Å². The molecule has 0 aromatic carbocycles. The van der Waals surface area contributed by atoms with Gasteiger partial charge in [0.15, 0.2) is 0 Å². The highest BCUT2D eigenvalue weighted by atomic mass is 15.2. The van der Waals surface area contributed by atoms with Gasteiger partial charge in [0, 0.05) is 25.3 Å². The maximum atomic E-state index is 4.42. The van der Waals surface area contributed by atoms with Gasteiger partial charge in [-0.1, -0.05) is 13.8 Å². The maximum absolute atomic E-state index is 4.42. The molecule has 0 aliphatic carbocycles. The smallest absolute Gasteiger partial charge is 0.0947 e. The fourth-order valence-corrected chi connectivity index (χ4v) is 1.81. The van der Waals surface area contributed by atoms with Crippen molar-refractivity contribution in [1.29, 1.82) is 0 Å². The van der Waals surface area contributed by atoms with Crippen LogP contribution in [0.1, 0.15) is 46.7 Å². The third-order valence-electron chi connectivity index (χ3n) is 3.04. The monoisotopic (exact) mass is 237 g/mol. The first kappa shape index (κ1) is 14.2. The zero-order chi connectivity index (χ0) is 13.1. The Bertz CT molecular complexity index is 333. The number of nitrogens with zero attached hydrogens (tertiary/aromatic N) is 3. The summed E-state index contributed by atoms with van der Waals surface area (Å²) in [4.78, 5) is 6.93. The van der Waals surface area contributed by atoms with Crippen molar-refractivity contribution in [3.63, 3.8) is 0 Å². The lowest BCUT2D eigenvalue weighted by atomic mass is 10.0. The minimum atomic E-state index is 0.201. The van der Waals surface area contributed by atoms with Crippen LogP contribution in [0.25, 0.3) is 0 Å². The molecule has 1 aromatic rings. The van der Waals surface area contributed by atoms with Gasteiger partial charge in [-0.15, -0.1) is 0 Å². The number of rotatable bonds is 5. The molecule has 3 heteroatoms. The number of imidazole rings is 1. The Kier molecular flexibility index (Phi) is 4.75. The molecule has 0 aliphatic heterocycles. The van der Waals surface area contributed by atoms with Crippen molar-refractivity contribution < 1.29 is 0 Å². The van der Waals surface area contributed by atoms with Crippen LogP contribution in [-0.2, 0) is 13.6 Å². The molecular formula is C14H27N3. The van der Waals surface area contributed by atoms with Gasteiger partial charge in [-0.25, -0.2) is 4.98 Å². The molecule has 0 spiro atoms. The zero-order valence-electron chi connectivity index (χ0n) is 12.2. The van der Waals surface area contributed by atoms with E-state index in [9.17, 15) is 0 Å². The first-order valence-electron chi connectivity index (χ1n) is 6.51. The molecule has 98 valence electrons. The second kappa shape index (κ2) is 5.67. The van der Waals surface area contributed by atoms with Crippen molar-refractivity contribution in [2.75, 3.05) is 6.54 Å². The van der Waals surface area contributed by atoms with Crippen LogP contribution in [0.2, 0.25) is 0 Å². The summed E-state index contributed by atoms with van der Waals surface area (Å²) in [6.07, 6.45) is 5.22. The second-order valence-electron chi connectivity index (χ2n) is 6.31. The lowest BCUT2D eigenvalue weighted by Crippen LogP contribution is -2.41. The molecule has 0 N–H and O–H groups in total. The number of hydrogen-bond donors (Lipinski definition) is 0. The lowest BCUT2D eigenvalue weighted by Gasteiger charge is -2.35. The molecule has 17 heavy (non-hydrogen) atoms. The fraction of sp³-hybridized carbons (Fsp3) is 0.786. The van der Waals surface area contributed by atoms with Gasteiger partial charge in [0.2, 0.25) is 0 Å². The predicted molar refractivity (Wildman–Crippen MR) is 72.8 cm³/mol. The van der Waals surface area contributed by atoms with E-state index in [1.165, 1.54) is 6.42 Å². The second-order valence-corrected chi connectivity index (χ2v) is 6.31. The molecule has 0 amide bonds. The molecule has 0 aliphatic rings. The van der Waals surface area contributed by atoms with E-state index in [1.54, 1.807) is 0 Å². The molecule has 1 aromatic heterocycles. The molecule has 1 rings (SSSR count). The van der Waals surface area contributed by atoms with Gasteiger partial charge in [-0.3, -0.25) is 4.90 Å². The Labute approximate surface area is 106 Å². The fourth-order valence-electron chi connectivity index (χ4n) is 1.81. The van der Waals surface area contributed by atoms with Crippen LogP contribution in [0, 0.1) is 5.92 Å². The first-order chi connectivity index (χ1) is 7.79. The molecule has 0 saturated heterocycles. The summed E-state index contributed by atoms with van der Waals surface area (Å²) in [7, 11) is 2.02. The van der Waals surface area contributed by atoms with Gasteiger partial charge in [0.1, 0.15) is 0 Å². The Balaban J connectivity index is 2.64. The highest BCUT2D eigenvalue weighted by molar-refractivity contribution is 4.97.